The molecular weight excluding hydrogens is 278 g/mol. The maximum atomic E-state index is 11.9. The summed E-state index contributed by atoms with van der Waals surface area (Å²) >= 11 is 0. The molecule has 0 radical (unpaired) electrons. The van der Waals surface area contributed by atoms with Crippen molar-refractivity contribution in [2.45, 2.75) is 25.8 Å². The number of ether oxygens (including phenoxy) is 1. The minimum absolute atomic E-state index is 0.108. The lowest BCUT2D eigenvalue weighted by atomic mass is 10.0. The lowest BCUT2D eigenvalue weighted by Gasteiger charge is -2.26. The molecule has 0 aromatic carbocycles. The zero-order valence-electron chi connectivity index (χ0n) is 12.4. The molecule has 0 spiro atoms. The van der Waals surface area contributed by atoms with Crippen molar-refractivity contribution in [3.63, 3.8) is 0 Å². The molecular formula is C13H23N3O5. The second-order valence-electron chi connectivity index (χ2n) is 4.99. The number of nitrogens with zero attached hydrogens (tertiary/aromatic N) is 1. The first kappa shape index (κ1) is 17.2. The van der Waals surface area contributed by atoms with Crippen LogP contribution in [0.4, 0.5) is 4.79 Å². The summed E-state index contributed by atoms with van der Waals surface area (Å²) in [4.78, 5) is 35.7. The van der Waals surface area contributed by atoms with E-state index in [1.165, 1.54) is 11.9 Å². The highest BCUT2D eigenvalue weighted by Crippen LogP contribution is 2.18. The third-order valence-corrected chi connectivity index (χ3v) is 3.39. The van der Waals surface area contributed by atoms with Gasteiger partial charge in [-0.1, -0.05) is 6.92 Å². The van der Waals surface area contributed by atoms with Crippen molar-refractivity contribution >= 4 is 17.9 Å². The number of likely N-dealkylation sites (N-methyl/N-ethyl adjacent to an activating group) is 1. The number of aliphatic carboxylic acids is 1. The molecule has 0 saturated carbocycles. The first-order chi connectivity index (χ1) is 9.97. The van der Waals surface area contributed by atoms with E-state index in [9.17, 15) is 14.4 Å². The topological polar surface area (TPSA) is 108 Å². The highest BCUT2D eigenvalue weighted by molar-refractivity contribution is 5.79. The van der Waals surface area contributed by atoms with Gasteiger partial charge in [0, 0.05) is 26.6 Å². The van der Waals surface area contributed by atoms with Gasteiger partial charge in [0.05, 0.1) is 19.3 Å². The fourth-order valence-electron chi connectivity index (χ4n) is 2.07. The minimum Gasteiger partial charge on any atom is -0.481 e. The molecule has 8 heteroatoms. The third-order valence-electron chi connectivity index (χ3n) is 3.39. The summed E-state index contributed by atoms with van der Waals surface area (Å²) in [5.41, 5.74) is 0. The van der Waals surface area contributed by atoms with E-state index < -0.39 is 24.0 Å². The van der Waals surface area contributed by atoms with Gasteiger partial charge in [0.1, 0.15) is 5.92 Å². The Kier molecular flexibility index (Phi) is 6.93. The van der Waals surface area contributed by atoms with Crippen molar-refractivity contribution in [2.24, 2.45) is 5.92 Å². The van der Waals surface area contributed by atoms with Crippen LogP contribution in [0.5, 0.6) is 0 Å². The number of hydrogen-bond acceptors (Lipinski definition) is 4. The van der Waals surface area contributed by atoms with Crippen LogP contribution in [0.15, 0.2) is 0 Å². The summed E-state index contributed by atoms with van der Waals surface area (Å²) in [5.74, 6) is -1.81. The van der Waals surface area contributed by atoms with Crippen LogP contribution in [-0.2, 0) is 14.3 Å². The van der Waals surface area contributed by atoms with Crippen LogP contribution in [0.2, 0.25) is 0 Å². The largest absolute Gasteiger partial charge is 0.481 e. The molecule has 120 valence electrons. The van der Waals surface area contributed by atoms with Crippen LogP contribution in [0.3, 0.4) is 0 Å². The third kappa shape index (κ3) is 5.22. The number of carboxylic acids is 1. The molecule has 1 rings (SSSR count). The second-order valence-corrected chi connectivity index (χ2v) is 4.99. The number of urea groups is 1. The quantitative estimate of drug-likeness (QED) is 0.595. The van der Waals surface area contributed by atoms with Gasteiger partial charge in [0.15, 0.2) is 0 Å². The van der Waals surface area contributed by atoms with Crippen molar-refractivity contribution in [2.75, 3.05) is 33.4 Å². The summed E-state index contributed by atoms with van der Waals surface area (Å²) in [7, 11) is 1.53. The molecule has 3 N–H and O–H groups in total. The standard InChI is InChI=1S/C13H23N3O5/c1-3-5-14-11(17)4-6-15-13(20)16(2)10-8-21-7-9(10)12(18)19/h9-10H,3-8H2,1-2H3,(H,14,17)(H,15,20)(H,18,19). The van der Waals surface area contributed by atoms with Crippen LogP contribution in [0, 0.1) is 5.92 Å². The van der Waals surface area contributed by atoms with Crippen LogP contribution in [0.25, 0.3) is 0 Å². The number of hydrogen-bond donors (Lipinski definition) is 3. The lowest BCUT2D eigenvalue weighted by molar-refractivity contribution is -0.142. The van der Waals surface area contributed by atoms with E-state index >= 15 is 0 Å². The van der Waals surface area contributed by atoms with E-state index in [-0.39, 0.29) is 32.1 Å². The Balaban J connectivity index is 2.34. The molecule has 0 aliphatic carbocycles. The van der Waals surface area contributed by atoms with Gasteiger partial charge in [0.2, 0.25) is 5.91 Å². The highest BCUT2D eigenvalue weighted by atomic mass is 16.5. The van der Waals surface area contributed by atoms with Gasteiger partial charge in [-0.15, -0.1) is 0 Å². The number of carboxylic acid groups (broad SMARTS) is 1. The molecule has 21 heavy (non-hydrogen) atoms. The molecule has 2 unspecified atom stereocenters. The van der Waals surface area contributed by atoms with Crippen molar-refractivity contribution in [1.29, 1.82) is 0 Å². The van der Waals surface area contributed by atoms with Crippen molar-refractivity contribution in [3.8, 4) is 0 Å². The first-order valence-electron chi connectivity index (χ1n) is 7.05. The van der Waals surface area contributed by atoms with E-state index in [4.69, 9.17) is 9.84 Å². The summed E-state index contributed by atoms with van der Waals surface area (Å²) in [6.07, 6.45) is 1.06. The second kappa shape index (κ2) is 8.46. The Morgan fingerprint density at radius 1 is 1.24 bits per heavy atom. The minimum atomic E-state index is -0.976. The van der Waals surface area contributed by atoms with Gasteiger partial charge in [0.25, 0.3) is 0 Å². The zero-order valence-corrected chi connectivity index (χ0v) is 12.4. The van der Waals surface area contributed by atoms with Gasteiger partial charge >= 0.3 is 12.0 Å². The molecule has 1 aliphatic heterocycles. The fourth-order valence-corrected chi connectivity index (χ4v) is 2.07. The SMILES string of the molecule is CCCNC(=O)CCNC(=O)N(C)C1COCC1C(=O)O. The van der Waals surface area contributed by atoms with Gasteiger partial charge in [-0.3, -0.25) is 9.59 Å². The predicted octanol–water partition coefficient (Wildman–Crippen LogP) is -0.356. The molecule has 2 atom stereocenters. The Labute approximate surface area is 123 Å². The number of rotatable bonds is 7. The van der Waals surface area contributed by atoms with Crippen molar-refractivity contribution in [1.82, 2.24) is 15.5 Å². The van der Waals surface area contributed by atoms with Crippen molar-refractivity contribution in [3.05, 3.63) is 0 Å². The van der Waals surface area contributed by atoms with Crippen LogP contribution < -0.4 is 10.6 Å². The maximum Gasteiger partial charge on any atom is 0.317 e. The molecule has 1 fully saturated rings. The van der Waals surface area contributed by atoms with Gasteiger partial charge < -0.3 is 25.4 Å². The van der Waals surface area contributed by atoms with E-state index in [2.05, 4.69) is 10.6 Å². The number of amides is 3. The van der Waals surface area contributed by atoms with E-state index in [0.717, 1.165) is 6.42 Å². The average molecular weight is 301 g/mol. The number of carbonyl (C=O) groups excluding carboxylic acids is 2. The molecule has 1 heterocycles. The predicted molar refractivity (Wildman–Crippen MR) is 74.8 cm³/mol. The average Bonchev–Trinajstić information content (AvgIpc) is 2.93. The highest BCUT2D eigenvalue weighted by Gasteiger charge is 2.38. The van der Waals surface area contributed by atoms with Gasteiger partial charge in [-0.2, -0.15) is 0 Å². The molecule has 0 aromatic rings. The summed E-state index contributed by atoms with van der Waals surface area (Å²) in [6, 6.07) is -0.892. The molecule has 0 aromatic heterocycles. The summed E-state index contributed by atoms with van der Waals surface area (Å²) < 4.78 is 5.12. The molecule has 0 bridgehead atoms. The molecule has 1 saturated heterocycles. The number of carbonyl (C=O) groups is 3. The van der Waals surface area contributed by atoms with E-state index in [1.54, 1.807) is 0 Å². The Morgan fingerprint density at radius 2 is 1.95 bits per heavy atom. The van der Waals surface area contributed by atoms with Crippen LogP contribution >= 0.6 is 0 Å². The van der Waals surface area contributed by atoms with Gasteiger partial charge in [-0.05, 0) is 6.42 Å². The summed E-state index contributed by atoms with van der Waals surface area (Å²) in [5, 5.41) is 14.4. The van der Waals surface area contributed by atoms with E-state index in [0.29, 0.717) is 6.54 Å². The Hall–Kier alpha value is -1.83. The van der Waals surface area contributed by atoms with Crippen LogP contribution in [0.1, 0.15) is 19.8 Å². The summed E-state index contributed by atoms with van der Waals surface area (Å²) in [6.45, 7) is 3.10. The van der Waals surface area contributed by atoms with Crippen LogP contribution in [-0.4, -0.2) is 67.3 Å². The molecule has 1 aliphatic rings. The zero-order chi connectivity index (χ0) is 15.8. The molecule has 3 amide bonds. The van der Waals surface area contributed by atoms with E-state index in [1.807, 2.05) is 6.92 Å². The fraction of sp³-hybridized carbons (Fsp3) is 0.769. The smallest absolute Gasteiger partial charge is 0.317 e. The lowest BCUT2D eigenvalue weighted by Crippen LogP contribution is -2.48. The Bertz CT molecular complexity index is 388. The normalized spacial score (nSPS) is 20.9. The first-order valence-corrected chi connectivity index (χ1v) is 7.05. The Morgan fingerprint density at radius 3 is 2.57 bits per heavy atom. The van der Waals surface area contributed by atoms with Crippen molar-refractivity contribution < 1.29 is 24.2 Å². The van der Waals surface area contributed by atoms with Gasteiger partial charge in [-0.25, -0.2) is 4.79 Å². The number of nitrogens with one attached hydrogen (secondary N) is 2. The maximum absolute atomic E-state index is 11.9. The monoisotopic (exact) mass is 301 g/mol. The molecule has 8 nitrogen and oxygen atoms in total.